The second-order valence-corrected chi connectivity index (χ2v) is 7.83. The van der Waals surface area contributed by atoms with E-state index in [0.717, 1.165) is 42.3 Å². The Morgan fingerprint density at radius 2 is 1.85 bits per heavy atom. The van der Waals surface area contributed by atoms with E-state index in [-0.39, 0.29) is 30.4 Å². The van der Waals surface area contributed by atoms with Crippen LogP contribution in [0.4, 0.5) is 0 Å². The number of hydrogen-bond acceptors (Lipinski definition) is 3. The normalized spacial score (nSPS) is 20.4. The topological polar surface area (TPSA) is 37.3 Å². The zero-order valence-electron chi connectivity index (χ0n) is 15.4. The van der Waals surface area contributed by atoms with Gasteiger partial charge in [0.05, 0.1) is 0 Å². The minimum absolute atomic E-state index is 0. The molecule has 1 aromatic heterocycles. The van der Waals surface area contributed by atoms with Gasteiger partial charge >= 0.3 is 0 Å². The maximum absolute atomic E-state index is 13.0. The van der Waals surface area contributed by atoms with E-state index in [4.69, 9.17) is 11.6 Å². The molecule has 0 radical (unpaired) electrons. The molecule has 1 N–H and O–H groups in total. The van der Waals surface area contributed by atoms with Gasteiger partial charge in [-0.25, -0.2) is 0 Å². The molecule has 1 fully saturated rings. The molecule has 7 heteroatoms. The second-order valence-electron chi connectivity index (χ2n) is 7.42. The molecule has 2 aliphatic rings. The first kappa shape index (κ1) is 22.3. The SMILES string of the molecule is CN(Cc1ccccc1Cl)Cc1ccc2n(c1=O)C[C@@H]1CNC[C@H]2C1.Cl.Cl. The number of piperidine rings is 1. The Hall–Kier alpha value is -1.04. The van der Waals surface area contributed by atoms with Crippen LogP contribution in [0.2, 0.25) is 5.02 Å². The van der Waals surface area contributed by atoms with Crippen LogP contribution in [-0.4, -0.2) is 29.6 Å². The highest BCUT2D eigenvalue weighted by Crippen LogP contribution is 2.31. The third-order valence-electron chi connectivity index (χ3n) is 5.43. The van der Waals surface area contributed by atoms with Crippen molar-refractivity contribution in [3.05, 3.63) is 68.6 Å². The van der Waals surface area contributed by atoms with Crippen LogP contribution in [0.15, 0.2) is 41.2 Å². The van der Waals surface area contributed by atoms with Gasteiger partial charge in [0, 0.05) is 48.4 Å². The van der Waals surface area contributed by atoms with Crippen molar-refractivity contribution in [1.29, 1.82) is 0 Å². The Morgan fingerprint density at radius 3 is 2.63 bits per heavy atom. The number of halogens is 3. The quantitative estimate of drug-likeness (QED) is 0.804. The monoisotopic (exact) mass is 429 g/mol. The average molecular weight is 431 g/mol. The molecule has 0 amide bonds. The van der Waals surface area contributed by atoms with Crippen LogP contribution >= 0.6 is 36.4 Å². The third kappa shape index (κ3) is 4.69. The van der Waals surface area contributed by atoms with E-state index in [1.165, 1.54) is 12.1 Å². The first-order valence-corrected chi connectivity index (χ1v) is 9.35. The first-order valence-electron chi connectivity index (χ1n) is 8.97. The molecule has 2 bridgehead atoms. The van der Waals surface area contributed by atoms with Gasteiger partial charge in [-0.2, -0.15) is 0 Å². The molecule has 2 aliphatic heterocycles. The van der Waals surface area contributed by atoms with Crippen molar-refractivity contribution in [2.45, 2.75) is 32.0 Å². The first-order chi connectivity index (χ1) is 12.1. The van der Waals surface area contributed by atoms with Gasteiger partial charge < -0.3 is 9.88 Å². The summed E-state index contributed by atoms with van der Waals surface area (Å²) >= 11 is 6.25. The van der Waals surface area contributed by atoms with Gasteiger partial charge in [0.15, 0.2) is 0 Å². The van der Waals surface area contributed by atoms with E-state index < -0.39 is 0 Å². The van der Waals surface area contributed by atoms with Crippen LogP contribution < -0.4 is 10.9 Å². The summed E-state index contributed by atoms with van der Waals surface area (Å²) in [6.45, 7) is 4.23. The van der Waals surface area contributed by atoms with Gasteiger partial charge in [-0.1, -0.05) is 35.9 Å². The Labute approximate surface area is 177 Å². The van der Waals surface area contributed by atoms with E-state index in [0.29, 0.717) is 18.4 Å². The van der Waals surface area contributed by atoms with Crippen molar-refractivity contribution in [2.75, 3.05) is 20.1 Å². The fourth-order valence-electron chi connectivity index (χ4n) is 4.22. The number of nitrogens with zero attached hydrogens (tertiary/aromatic N) is 2. The number of fused-ring (bicyclic) bond motifs is 4. The lowest BCUT2D eigenvalue weighted by Gasteiger charge is -2.37. The molecule has 1 saturated heterocycles. The number of nitrogens with one attached hydrogen (secondary N) is 1. The predicted octanol–water partition coefficient (Wildman–Crippen LogP) is 3.68. The molecule has 1 aromatic carbocycles. The van der Waals surface area contributed by atoms with Crippen LogP contribution in [0.1, 0.15) is 29.2 Å². The minimum atomic E-state index is 0. The summed E-state index contributed by atoms with van der Waals surface area (Å²) in [6.07, 6.45) is 1.21. The standard InChI is InChI=1S/C20H24ClN3O.2ClH/c1-23(12-15-4-2-3-5-18(15)21)13-16-6-7-19-17-8-14(9-22-10-17)11-24(19)20(16)25;;/h2-7,14,17,22H,8-13H2,1H3;2*1H/t14-,17+;;/m0../s1. The van der Waals surface area contributed by atoms with Crippen molar-refractivity contribution in [1.82, 2.24) is 14.8 Å². The highest BCUT2D eigenvalue weighted by Gasteiger charge is 2.31. The van der Waals surface area contributed by atoms with Gasteiger partial charge in [-0.15, -0.1) is 24.8 Å². The minimum Gasteiger partial charge on any atom is -0.316 e. The molecule has 0 aliphatic carbocycles. The van der Waals surface area contributed by atoms with Gasteiger partial charge in [0.1, 0.15) is 0 Å². The molecule has 27 heavy (non-hydrogen) atoms. The molecule has 2 atom stereocenters. The smallest absolute Gasteiger partial charge is 0.255 e. The number of hydrogen-bond donors (Lipinski definition) is 1. The summed E-state index contributed by atoms with van der Waals surface area (Å²) in [6, 6.07) is 12.1. The van der Waals surface area contributed by atoms with E-state index in [2.05, 4.69) is 16.3 Å². The van der Waals surface area contributed by atoms with Crippen molar-refractivity contribution in [2.24, 2.45) is 5.92 Å². The molecule has 4 nitrogen and oxygen atoms in total. The molecule has 0 spiro atoms. The van der Waals surface area contributed by atoms with Gasteiger partial charge in [-0.3, -0.25) is 9.69 Å². The average Bonchev–Trinajstić information content (AvgIpc) is 2.60. The fourth-order valence-corrected chi connectivity index (χ4v) is 4.42. The van der Waals surface area contributed by atoms with Crippen molar-refractivity contribution in [3.8, 4) is 0 Å². The van der Waals surface area contributed by atoms with Crippen LogP contribution in [0, 0.1) is 5.92 Å². The van der Waals surface area contributed by atoms with Crippen LogP contribution in [0.5, 0.6) is 0 Å². The zero-order chi connectivity index (χ0) is 17.4. The molecule has 3 heterocycles. The highest BCUT2D eigenvalue weighted by molar-refractivity contribution is 6.31. The second kappa shape index (κ2) is 9.44. The highest BCUT2D eigenvalue weighted by atomic mass is 35.5. The zero-order valence-corrected chi connectivity index (χ0v) is 17.7. The van der Waals surface area contributed by atoms with Crippen molar-refractivity contribution in [3.63, 3.8) is 0 Å². The Bertz CT molecular complexity index is 839. The van der Waals surface area contributed by atoms with E-state index in [9.17, 15) is 4.79 Å². The molecule has 2 aromatic rings. The lowest BCUT2D eigenvalue weighted by molar-refractivity contribution is 0.254. The maximum Gasteiger partial charge on any atom is 0.255 e. The van der Waals surface area contributed by atoms with E-state index >= 15 is 0 Å². The molecule has 4 rings (SSSR count). The largest absolute Gasteiger partial charge is 0.316 e. The van der Waals surface area contributed by atoms with Crippen LogP contribution in [-0.2, 0) is 19.6 Å². The Morgan fingerprint density at radius 1 is 1.11 bits per heavy atom. The lowest BCUT2D eigenvalue weighted by atomic mass is 9.84. The Kier molecular flexibility index (Phi) is 7.78. The van der Waals surface area contributed by atoms with Crippen molar-refractivity contribution >= 4 is 36.4 Å². The van der Waals surface area contributed by atoms with Crippen molar-refractivity contribution < 1.29 is 0 Å². The van der Waals surface area contributed by atoms with E-state index in [1.54, 1.807) is 0 Å². The molecule has 0 unspecified atom stereocenters. The summed E-state index contributed by atoms with van der Waals surface area (Å²) in [5.41, 5.74) is 3.34. The van der Waals surface area contributed by atoms with Gasteiger partial charge in [-0.05, 0) is 43.6 Å². The summed E-state index contributed by atoms with van der Waals surface area (Å²) in [5.74, 6) is 1.06. The molecular weight excluding hydrogens is 405 g/mol. The van der Waals surface area contributed by atoms with Gasteiger partial charge in [0.25, 0.3) is 5.56 Å². The lowest BCUT2D eigenvalue weighted by Crippen LogP contribution is -2.45. The van der Waals surface area contributed by atoms with E-state index in [1.807, 2.05) is 41.9 Å². The molecular formula is C20H26Cl3N3O. The summed E-state index contributed by atoms with van der Waals surface area (Å²) in [7, 11) is 2.03. The number of rotatable bonds is 4. The summed E-state index contributed by atoms with van der Waals surface area (Å²) in [5, 5.41) is 4.27. The fraction of sp³-hybridized carbons (Fsp3) is 0.450. The third-order valence-corrected chi connectivity index (χ3v) is 5.79. The predicted molar refractivity (Wildman–Crippen MR) is 116 cm³/mol. The number of pyridine rings is 1. The van der Waals surface area contributed by atoms with Crippen LogP contribution in [0.3, 0.4) is 0 Å². The maximum atomic E-state index is 13.0. The Balaban J connectivity index is 0.00000131. The van der Waals surface area contributed by atoms with Crippen LogP contribution in [0.25, 0.3) is 0 Å². The molecule has 0 saturated carbocycles. The number of aromatic nitrogens is 1. The molecule has 148 valence electrons. The summed E-state index contributed by atoms with van der Waals surface area (Å²) < 4.78 is 2.03. The summed E-state index contributed by atoms with van der Waals surface area (Å²) in [4.78, 5) is 15.1. The van der Waals surface area contributed by atoms with Gasteiger partial charge in [0.2, 0.25) is 0 Å². The number of benzene rings is 1.